The molecular weight excluding hydrogens is 340 g/mol. The first-order chi connectivity index (χ1) is 13.3. The number of hydrogen-bond donors (Lipinski definition) is 0. The van der Waals surface area contributed by atoms with Crippen molar-refractivity contribution >= 4 is 5.91 Å². The summed E-state index contributed by atoms with van der Waals surface area (Å²) in [5.74, 6) is 1.05. The summed E-state index contributed by atoms with van der Waals surface area (Å²) < 4.78 is 7.42. The number of carbonyl (C=O) groups is 1. The van der Waals surface area contributed by atoms with E-state index in [9.17, 15) is 4.79 Å². The van der Waals surface area contributed by atoms with Gasteiger partial charge in [0.25, 0.3) is 5.91 Å². The molecule has 0 unspecified atom stereocenters. The summed E-state index contributed by atoms with van der Waals surface area (Å²) in [6, 6.07) is 10.4. The van der Waals surface area contributed by atoms with E-state index < -0.39 is 0 Å². The number of para-hydroxylation sites is 1. The van der Waals surface area contributed by atoms with Gasteiger partial charge < -0.3 is 9.64 Å². The summed E-state index contributed by atoms with van der Waals surface area (Å²) in [4.78, 5) is 17.4. The van der Waals surface area contributed by atoms with Gasteiger partial charge in [-0.05, 0) is 25.0 Å². The Morgan fingerprint density at radius 2 is 1.85 bits per heavy atom. The fourth-order valence-electron chi connectivity index (χ4n) is 4.27. The number of ether oxygens (including phenoxy) is 1. The van der Waals surface area contributed by atoms with Crippen molar-refractivity contribution in [3.63, 3.8) is 0 Å². The van der Waals surface area contributed by atoms with Gasteiger partial charge in [-0.3, -0.25) is 14.4 Å². The van der Waals surface area contributed by atoms with Crippen molar-refractivity contribution in [3.05, 3.63) is 47.8 Å². The van der Waals surface area contributed by atoms with Gasteiger partial charge in [0.15, 0.2) is 0 Å². The molecule has 1 saturated carbocycles. The molecule has 1 amide bonds. The van der Waals surface area contributed by atoms with Crippen LogP contribution in [0, 0.1) is 0 Å². The van der Waals surface area contributed by atoms with E-state index in [1.165, 1.54) is 18.4 Å². The predicted octanol–water partition coefficient (Wildman–Crippen LogP) is 2.96. The zero-order valence-electron chi connectivity index (χ0n) is 16.0. The molecule has 2 heterocycles. The highest BCUT2D eigenvalue weighted by Crippen LogP contribution is 2.30. The van der Waals surface area contributed by atoms with Gasteiger partial charge in [-0.15, -0.1) is 0 Å². The third-order valence-electron chi connectivity index (χ3n) is 5.81. The van der Waals surface area contributed by atoms with Gasteiger partial charge in [0.1, 0.15) is 11.4 Å². The lowest BCUT2D eigenvalue weighted by Gasteiger charge is -2.35. The fourth-order valence-corrected chi connectivity index (χ4v) is 4.27. The van der Waals surface area contributed by atoms with Crippen molar-refractivity contribution in [2.24, 2.45) is 0 Å². The molecule has 2 fully saturated rings. The van der Waals surface area contributed by atoms with Gasteiger partial charge in [0.2, 0.25) is 0 Å². The molecule has 0 spiro atoms. The van der Waals surface area contributed by atoms with Gasteiger partial charge in [0.05, 0.1) is 13.2 Å². The van der Waals surface area contributed by atoms with Crippen LogP contribution in [0.15, 0.2) is 36.5 Å². The average Bonchev–Trinajstić information content (AvgIpc) is 3.40. The maximum Gasteiger partial charge on any atom is 0.272 e. The Hall–Kier alpha value is -2.34. The quantitative estimate of drug-likeness (QED) is 0.814. The van der Waals surface area contributed by atoms with E-state index in [1.54, 1.807) is 13.3 Å². The standard InChI is InChI=1S/C21H28N4O2/c1-27-20-9-5-2-6-17(20)16-23-12-14-24(15-13-23)21(26)19-10-11-22-25(19)18-7-3-4-8-18/h2,5-6,9-11,18H,3-4,7-8,12-16H2,1H3. The molecule has 4 rings (SSSR count). The number of rotatable bonds is 5. The van der Waals surface area contributed by atoms with Crippen LogP contribution in [-0.4, -0.2) is 58.8 Å². The topological polar surface area (TPSA) is 50.6 Å². The Labute approximate surface area is 160 Å². The predicted molar refractivity (Wildman–Crippen MR) is 104 cm³/mol. The summed E-state index contributed by atoms with van der Waals surface area (Å²) in [5, 5.41) is 4.45. The lowest BCUT2D eigenvalue weighted by molar-refractivity contribution is 0.0612. The number of carbonyl (C=O) groups excluding carboxylic acids is 1. The highest BCUT2D eigenvalue weighted by molar-refractivity contribution is 5.92. The number of hydrogen-bond acceptors (Lipinski definition) is 4. The van der Waals surface area contributed by atoms with Gasteiger partial charge in [-0.25, -0.2) is 0 Å². The van der Waals surface area contributed by atoms with Crippen molar-refractivity contribution < 1.29 is 9.53 Å². The second-order valence-corrected chi connectivity index (χ2v) is 7.48. The molecule has 144 valence electrons. The van der Waals surface area contributed by atoms with Crippen molar-refractivity contribution in [2.45, 2.75) is 38.3 Å². The molecule has 0 radical (unpaired) electrons. The van der Waals surface area contributed by atoms with E-state index >= 15 is 0 Å². The molecule has 6 heteroatoms. The van der Waals surface area contributed by atoms with Crippen LogP contribution in [0.3, 0.4) is 0 Å². The molecule has 2 aliphatic rings. The lowest BCUT2D eigenvalue weighted by Crippen LogP contribution is -2.48. The molecule has 2 aromatic rings. The number of piperazine rings is 1. The number of amides is 1. The van der Waals surface area contributed by atoms with Crippen molar-refractivity contribution in [1.82, 2.24) is 19.6 Å². The minimum Gasteiger partial charge on any atom is -0.496 e. The third-order valence-corrected chi connectivity index (χ3v) is 5.81. The summed E-state index contributed by atoms with van der Waals surface area (Å²) in [6.07, 6.45) is 6.51. The monoisotopic (exact) mass is 368 g/mol. The van der Waals surface area contributed by atoms with Crippen molar-refractivity contribution in [1.29, 1.82) is 0 Å². The smallest absolute Gasteiger partial charge is 0.272 e. The first kappa shape index (κ1) is 18.0. The SMILES string of the molecule is COc1ccccc1CN1CCN(C(=O)c2ccnn2C2CCCC2)CC1. The van der Waals surface area contributed by atoms with Gasteiger partial charge in [-0.1, -0.05) is 31.0 Å². The second-order valence-electron chi connectivity index (χ2n) is 7.48. The van der Waals surface area contributed by atoms with Crippen LogP contribution in [0.4, 0.5) is 0 Å². The highest BCUT2D eigenvalue weighted by atomic mass is 16.5. The summed E-state index contributed by atoms with van der Waals surface area (Å²) in [6.45, 7) is 4.11. The van der Waals surface area contributed by atoms with Crippen LogP contribution in [0.25, 0.3) is 0 Å². The van der Waals surface area contributed by atoms with E-state index in [4.69, 9.17) is 4.74 Å². The molecule has 0 atom stereocenters. The normalized spacial score (nSPS) is 18.8. The van der Waals surface area contributed by atoms with E-state index in [2.05, 4.69) is 16.1 Å². The van der Waals surface area contributed by atoms with Crippen LogP contribution in [0.5, 0.6) is 5.75 Å². The molecule has 1 aromatic heterocycles. The van der Waals surface area contributed by atoms with E-state index in [-0.39, 0.29) is 5.91 Å². The summed E-state index contributed by atoms with van der Waals surface area (Å²) >= 11 is 0. The molecule has 27 heavy (non-hydrogen) atoms. The minimum atomic E-state index is 0.122. The Morgan fingerprint density at radius 1 is 1.11 bits per heavy atom. The third kappa shape index (κ3) is 3.86. The van der Waals surface area contributed by atoms with E-state index in [0.29, 0.717) is 6.04 Å². The molecule has 0 N–H and O–H groups in total. The highest BCUT2D eigenvalue weighted by Gasteiger charge is 2.27. The maximum absolute atomic E-state index is 13.0. The first-order valence-electron chi connectivity index (χ1n) is 9.93. The molecule has 0 bridgehead atoms. The molecule has 6 nitrogen and oxygen atoms in total. The Bertz CT molecular complexity index is 774. The average molecular weight is 368 g/mol. The number of benzene rings is 1. The number of aromatic nitrogens is 2. The number of nitrogens with zero attached hydrogens (tertiary/aromatic N) is 4. The zero-order valence-corrected chi connectivity index (χ0v) is 16.0. The van der Waals surface area contributed by atoms with Crippen LogP contribution in [0.2, 0.25) is 0 Å². The first-order valence-corrected chi connectivity index (χ1v) is 9.93. The Kier molecular flexibility index (Phi) is 5.43. The fraction of sp³-hybridized carbons (Fsp3) is 0.524. The van der Waals surface area contributed by atoms with Crippen LogP contribution < -0.4 is 4.74 Å². The summed E-state index contributed by atoms with van der Waals surface area (Å²) in [7, 11) is 1.71. The number of methoxy groups -OCH3 is 1. The van der Waals surface area contributed by atoms with E-state index in [0.717, 1.165) is 57.0 Å². The lowest BCUT2D eigenvalue weighted by atomic mass is 10.1. The van der Waals surface area contributed by atoms with Crippen LogP contribution >= 0.6 is 0 Å². The Morgan fingerprint density at radius 3 is 2.59 bits per heavy atom. The van der Waals surface area contributed by atoms with E-state index in [1.807, 2.05) is 33.8 Å². The largest absolute Gasteiger partial charge is 0.496 e. The van der Waals surface area contributed by atoms with Crippen molar-refractivity contribution in [3.8, 4) is 5.75 Å². The van der Waals surface area contributed by atoms with Crippen molar-refractivity contribution in [2.75, 3.05) is 33.3 Å². The molecule has 1 aromatic carbocycles. The van der Waals surface area contributed by atoms with Gasteiger partial charge in [0, 0.05) is 44.5 Å². The molecule has 1 saturated heterocycles. The molecule has 1 aliphatic heterocycles. The second kappa shape index (κ2) is 8.13. The zero-order chi connectivity index (χ0) is 18.6. The van der Waals surface area contributed by atoms with Gasteiger partial charge in [-0.2, -0.15) is 5.10 Å². The van der Waals surface area contributed by atoms with Gasteiger partial charge >= 0.3 is 0 Å². The molecular formula is C21H28N4O2. The van der Waals surface area contributed by atoms with Crippen LogP contribution in [0.1, 0.15) is 47.8 Å². The van der Waals surface area contributed by atoms with Crippen LogP contribution in [-0.2, 0) is 6.54 Å². The molecule has 1 aliphatic carbocycles. The Balaban J connectivity index is 1.37. The maximum atomic E-state index is 13.0. The summed E-state index contributed by atoms with van der Waals surface area (Å²) in [5.41, 5.74) is 1.94. The minimum absolute atomic E-state index is 0.122.